The van der Waals surface area contributed by atoms with Crippen LogP contribution in [0.4, 0.5) is 5.69 Å². The second-order valence-corrected chi connectivity index (χ2v) is 7.38. The molecule has 4 rings (SSSR count). The van der Waals surface area contributed by atoms with Gasteiger partial charge in [0.25, 0.3) is 0 Å². The molecule has 0 aromatic heterocycles. The maximum absolute atomic E-state index is 13.0. The van der Waals surface area contributed by atoms with E-state index in [4.69, 9.17) is 0 Å². The fourth-order valence-corrected chi connectivity index (χ4v) is 3.73. The molecule has 1 heterocycles. The molecular formula is C19H26N2O. The summed E-state index contributed by atoms with van der Waals surface area (Å²) in [4.78, 5) is 17.5. The third kappa shape index (κ3) is 2.91. The number of fused-ring (bicyclic) bond motifs is 1. The number of aryl methyl sites for hydroxylation is 1. The molecule has 0 bridgehead atoms. The zero-order chi connectivity index (χ0) is 15.1. The Balaban J connectivity index is 1.51. The van der Waals surface area contributed by atoms with E-state index in [1.807, 2.05) is 0 Å². The van der Waals surface area contributed by atoms with Crippen molar-refractivity contribution in [1.29, 1.82) is 0 Å². The topological polar surface area (TPSA) is 23.6 Å². The van der Waals surface area contributed by atoms with E-state index in [-0.39, 0.29) is 0 Å². The lowest BCUT2D eigenvalue weighted by atomic mass is 9.96. The highest BCUT2D eigenvalue weighted by Gasteiger charge is 2.36. The monoisotopic (exact) mass is 298 g/mol. The zero-order valence-electron chi connectivity index (χ0n) is 13.5. The number of anilines is 1. The van der Waals surface area contributed by atoms with Gasteiger partial charge in [-0.2, -0.15) is 0 Å². The highest BCUT2D eigenvalue weighted by atomic mass is 16.2. The van der Waals surface area contributed by atoms with Crippen LogP contribution in [0, 0.1) is 5.92 Å². The summed E-state index contributed by atoms with van der Waals surface area (Å²) in [5.74, 6) is 1.16. The van der Waals surface area contributed by atoms with Crippen LogP contribution in [0.5, 0.6) is 0 Å². The van der Waals surface area contributed by atoms with Crippen LogP contribution in [0.25, 0.3) is 0 Å². The maximum Gasteiger partial charge on any atom is 0.241 e. The van der Waals surface area contributed by atoms with Gasteiger partial charge in [0.15, 0.2) is 0 Å². The zero-order valence-corrected chi connectivity index (χ0v) is 13.5. The van der Waals surface area contributed by atoms with Crippen LogP contribution in [0.15, 0.2) is 24.3 Å². The van der Waals surface area contributed by atoms with Crippen LogP contribution in [-0.4, -0.2) is 36.0 Å². The first-order chi connectivity index (χ1) is 10.7. The minimum Gasteiger partial charge on any atom is -0.308 e. The van der Waals surface area contributed by atoms with Crippen molar-refractivity contribution in [1.82, 2.24) is 4.90 Å². The SMILES string of the molecule is CC1CCc2ccccc2N1C(=O)CN(CC1CC1)C1CC1. The first-order valence-corrected chi connectivity index (χ1v) is 8.86. The van der Waals surface area contributed by atoms with Crippen molar-refractivity contribution in [3.63, 3.8) is 0 Å². The molecule has 0 N–H and O–H groups in total. The predicted molar refractivity (Wildman–Crippen MR) is 89.0 cm³/mol. The Kier molecular flexibility index (Phi) is 3.69. The predicted octanol–water partition coefficient (Wildman–Crippen LogP) is 3.23. The van der Waals surface area contributed by atoms with Gasteiger partial charge in [-0.15, -0.1) is 0 Å². The average molecular weight is 298 g/mol. The van der Waals surface area contributed by atoms with Gasteiger partial charge < -0.3 is 4.90 Å². The number of hydrogen-bond acceptors (Lipinski definition) is 2. The second-order valence-electron chi connectivity index (χ2n) is 7.38. The van der Waals surface area contributed by atoms with Gasteiger partial charge in [-0.25, -0.2) is 0 Å². The van der Waals surface area contributed by atoms with E-state index < -0.39 is 0 Å². The van der Waals surface area contributed by atoms with Crippen LogP contribution >= 0.6 is 0 Å². The Morgan fingerprint density at radius 2 is 1.95 bits per heavy atom. The number of carbonyl (C=O) groups excluding carboxylic acids is 1. The van der Waals surface area contributed by atoms with Crippen molar-refractivity contribution in [3.05, 3.63) is 29.8 Å². The van der Waals surface area contributed by atoms with Gasteiger partial charge in [-0.05, 0) is 63.0 Å². The fraction of sp³-hybridized carbons (Fsp3) is 0.632. The van der Waals surface area contributed by atoms with Crippen LogP contribution in [-0.2, 0) is 11.2 Å². The smallest absolute Gasteiger partial charge is 0.241 e. The van der Waals surface area contributed by atoms with Gasteiger partial charge in [0, 0.05) is 24.3 Å². The van der Waals surface area contributed by atoms with Gasteiger partial charge in [0.2, 0.25) is 5.91 Å². The summed E-state index contributed by atoms with van der Waals surface area (Å²) in [5.41, 5.74) is 2.47. The van der Waals surface area contributed by atoms with Gasteiger partial charge in [0.1, 0.15) is 0 Å². The van der Waals surface area contributed by atoms with Crippen molar-refractivity contribution < 1.29 is 4.79 Å². The summed E-state index contributed by atoms with van der Waals surface area (Å²) in [6.07, 6.45) is 7.46. The highest BCUT2D eigenvalue weighted by Crippen LogP contribution is 2.35. The van der Waals surface area contributed by atoms with Crippen LogP contribution < -0.4 is 4.90 Å². The van der Waals surface area contributed by atoms with Gasteiger partial charge in [0.05, 0.1) is 6.54 Å². The quantitative estimate of drug-likeness (QED) is 0.833. The summed E-state index contributed by atoms with van der Waals surface area (Å²) in [7, 11) is 0. The molecule has 0 spiro atoms. The number of hydrogen-bond donors (Lipinski definition) is 0. The number of para-hydroxylation sites is 1. The van der Waals surface area contributed by atoms with Gasteiger partial charge in [-0.3, -0.25) is 9.69 Å². The lowest BCUT2D eigenvalue weighted by Gasteiger charge is -2.36. The first-order valence-electron chi connectivity index (χ1n) is 8.86. The molecule has 1 aromatic rings. The molecule has 3 nitrogen and oxygen atoms in total. The Labute approximate surface area is 133 Å². The highest BCUT2D eigenvalue weighted by molar-refractivity contribution is 5.96. The number of carbonyl (C=O) groups is 1. The molecular weight excluding hydrogens is 272 g/mol. The van der Waals surface area contributed by atoms with Gasteiger partial charge in [-0.1, -0.05) is 18.2 Å². The van der Waals surface area contributed by atoms with Crippen LogP contribution in [0.1, 0.15) is 44.6 Å². The Hall–Kier alpha value is -1.35. The molecule has 0 radical (unpaired) electrons. The fourth-order valence-electron chi connectivity index (χ4n) is 3.73. The average Bonchev–Trinajstić information content (AvgIpc) is 3.38. The maximum atomic E-state index is 13.0. The summed E-state index contributed by atoms with van der Waals surface area (Å²) in [5, 5.41) is 0. The first kappa shape index (κ1) is 14.3. The molecule has 3 heteroatoms. The van der Waals surface area contributed by atoms with E-state index in [0.717, 1.165) is 31.0 Å². The van der Waals surface area contributed by atoms with Gasteiger partial charge >= 0.3 is 0 Å². The van der Waals surface area contributed by atoms with Crippen LogP contribution in [0.3, 0.4) is 0 Å². The third-order valence-electron chi connectivity index (χ3n) is 5.38. The van der Waals surface area contributed by atoms with Crippen molar-refractivity contribution in [2.75, 3.05) is 18.0 Å². The van der Waals surface area contributed by atoms with Crippen molar-refractivity contribution in [2.24, 2.45) is 5.92 Å². The number of amides is 1. The van der Waals surface area contributed by atoms with E-state index >= 15 is 0 Å². The van der Waals surface area contributed by atoms with E-state index in [2.05, 4.69) is 41.0 Å². The molecule has 0 saturated heterocycles. The Morgan fingerprint density at radius 3 is 2.68 bits per heavy atom. The van der Waals surface area contributed by atoms with E-state index in [0.29, 0.717) is 24.5 Å². The molecule has 2 saturated carbocycles. The molecule has 1 unspecified atom stereocenters. The molecule has 1 aromatic carbocycles. The molecule has 22 heavy (non-hydrogen) atoms. The number of rotatable bonds is 5. The lowest BCUT2D eigenvalue weighted by molar-refractivity contribution is -0.120. The summed E-state index contributed by atoms with van der Waals surface area (Å²) in [6.45, 7) is 3.94. The van der Waals surface area contributed by atoms with Crippen molar-refractivity contribution >= 4 is 11.6 Å². The van der Waals surface area contributed by atoms with Crippen molar-refractivity contribution in [2.45, 2.75) is 57.5 Å². The largest absolute Gasteiger partial charge is 0.308 e. The molecule has 1 aliphatic heterocycles. The molecule has 3 aliphatic rings. The lowest BCUT2D eigenvalue weighted by Crippen LogP contribution is -2.48. The number of benzene rings is 1. The Morgan fingerprint density at radius 1 is 1.18 bits per heavy atom. The standard InChI is InChI=1S/C19H26N2O/c1-14-6-9-16-4-2-3-5-18(16)21(14)19(22)13-20(17-10-11-17)12-15-7-8-15/h2-5,14-15,17H,6-13H2,1H3. The second kappa shape index (κ2) is 5.69. The number of nitrogens with zero attached hydrogens (tertiary/aromatic N) is 2. The van der Waals surface area contributed by atoms with E-state index in [1.54, 1.807) is 0 Å². The minimum absolute atomic E-state index is 0.298. The summed E-state index contributed by atoms with van der Waals surface area (Å²) >= 11 is 0. The summed E-state index contributed by atoms with van der Waals surface area (Å²) in [6, 6.07) is 9.43. The van der Waals surface area contributed by atoms with E-state index in [1.165, 1.54) is 31.2 Å². The molecule has 2 aliphatic carbocycles. The van der Waals surface area contributed by atoms with Crippen LogP contribution in [0.2, 0.25) is 0 Å². The molecule has 2 fully saturated rings. The molecule has 1 amide bonds. The summed E-state index contributed by atoms with van der Waals surface area (Å²) < 4.78 is 0. The van der Waals surface area contributed by atoms with E-state index in [9.17, 15) is 4.79 Å². The normalized spacial score (nSPS) is 24.5. The minimum atomic E-state index is 0.298. The molecule has 1 atom stereocenters. The Bertz CT molecular complexity index is 562. The molecule has 118 valence electrons. The van der Waals surface area contributed by atoms with Crippen molar-refractivity contribution in [3.8, 4) is 0 Å². The third-order valence-corrected chi connectivity index (χ3v) is 5.38.